The molecule has 0 aliphatic heterocycles. The normalized spacial score (nSPS) is 10.5. The van der Waals surface area contributed by atoms with E-state index in [4.69, 9.17) is 8.83 Å². The molecule has 2 aromatic carbocycles. The maximum absolute atomic E-state index is 12.7. The molecular weight excluding hydrogens is 372 g/mol. The predicted octanol–water partition coefficient (Wildman–Crippen LogP) is 4.14. The Morgan fingerprint density at radius 3 is 2.59 bits per heavy atom. The zero-order valence-electron chi connectivity index (χ0n) is 15.4. The van der Waals surface area contributed by atoms with Crippen LogP contribution < -0.4 is 10.6 Å². The summed E-state index contributed by atoms with van der Waals surface area (Å²) in [6.07, 6.45) is 2.67. The van der Waals surface area contributed by atoms with E-state index in [2.05, 4.69) is 20.8 Å². The van der Waals surface area contributed by atoms with Gasteiger partial charge in [-0.3, -0.25) is 9.59 Å². The van der Waals surface area contributed by atoms with Gasteiger partial charge in [-0.2, -0.15) is 0 Å². The van der Waals surface area contributed by atoms with Crippen LogP contribution in [0.15, 0.2) is 76.1 Å². The third kappa shape index (κ3) is 4.06. The minimum absolute atomic E-state index is 0.188. The summed E-state index contributed by atoms with van der Waals surface area (Å²) in [6, 6.07) is 15.3. The van der Waals surface area contributed by atoms with E-state index < -0.39 is 5.91 Å². The molecule has 0 aliphatic carbocycles. The van der Waals surface area contributed by atoms with Crippen LogP contribution in [0.2, 0.25) is 0 Å². The van der Waals surface area contributed by atoms with Crippen molar-refractivity contribution >= 4 is 23.2 Å². The maximum Gasteiger partial charge on any atom is 0.291 e. The third-order valence-corrected chi connectivity index (χ3v) is 4.22. The molecule has 2 heterocycles. The van der Waals surface area contributed by atoms with Gasteiger partial charge in [-0.15, -0.1) is 10.2 Å². The lowest BCUT2D eigenvalue weighted by molar-refractivity contribution is 0.0993. The van der Waals surface area contributed by atoms with Gasteiger partial charge >= 0.3 is 0 Å². The first-order valence-corrected chi connectivity index (χ1v) is 8.73. The summed E-state index contributed by atoms with van der Waals surface area (Å²) in [4.78, 5) is 24.9. The predicted molar refractivity (Wildman–Crippen MR) is 106 cm³/mol. The number of benzene rings is 2. The van der Waals surface area contributed by atoms with Gasteiger partial charge in [0.25, 0.3) is 11.8 Å². The summed E-state index contributed by atoms with van der Waals surface area (Å²) in [5.41, 5.74) is 3.07. The van der Waals surface area contributed by atoms with Crippen molar-refractivity contribution in [3.63, 3.8) is 0 Å². The fourth-order valence-electron chi connectivity index (χ4n) is 2.72. The van der Waals surface area contributed by atoms with E-state index in [1.54, 1.807) is 42.5 Å². The van der Waals surface area contributed by atoms with Crippen molar-refractivity contribution in [1.82, 2.24) is 10.2 Å². The van der Waals surface area contributed by atoms with E-state index in [0.29, 0.717) is 28.4 Å². The maximum atomic E-state index is 12.7. The largest absolute Gasteiger partial charge is 0.459 e. The Hall–Kier alpha value is -4.20. The van der Waals surface area contributed by atoms with Gasteiger partial charge in [0.2, 0.25) is 12.3 Å². The molecule has 0 saturated heterocycles. The van der Waals surface area contributed by atoms with Crippen LogP contribution in [0, 0.1) is 6.92 Å². The third-order valence-electron chi connectivity index (χ3n) is 4.22. The molecule has 144 valence electrons. The summed E-state index contributed by atoms with van der Waals surface area (Å²) in [6.45, 7) is 1.88. The Morgan fingerprint density at radius 1 is 0.931 bits per heavy atom. The molecule has 8 heteroatoms. The highest BCUT2D eigenvalue weighted by Gasteiger charge is 2.13. The number of hydrogen-bond donors (Lipinski definition) is 2. The smallest absolute Gasteiger partial charge is 0.291 e. The van der Waals surface area contributed by atoms with Gasteiger partial charge in [0.05, 0.1) is 6.26 Å². The van der Waals surface area contributed by atoms with Crippen molar-refractivity contribution in [3.8, 4) is 11.5 Å². The average molecular weight is 388 g/mol. The summed E-state index contributed by atoms with van der Waals surface area (Å²) >= 11 is 0. The zero-order chi connectivity index (χ0) is 20.2. The second-order valence-electron chi connectivity index (χ2n) is 6.24. The Labute approximate surface area is 165 Å². The molecule has 0 atom stereocenters. The van der Waals surface area contributed by atoms with E-state index in [1.807, 2.05) is 19.1 Å². The van der Waals surface area contributed by atoms with Crippen LogP contribution in [0.1, 0.15) is 26.5 Å². The molecule has 2 N–H and O–H groups in total. The van der Waals surface area contributed by atoms with Crippen LogP contribution in [0.5, 0.6) is 0 Å². The zero-order valence-corrected chi connectivity index (χ0v) is 15.4. The highest BCUT2D eigenvalue weighted by Crippen LogP contribution is 2.24. The van der Waals surface area contributed by atoms with Gasteiger partial charge in [0.1, 0.15) is 0 Å². The van der Waals surface area contributed by atoms with Crippen LogP contribution >= 0.6 is 0 Å². The highest BCUT2D eigenvalue weighted by molar-refractivity contribution is 6.07. The average Bonchev–Trinajstić information content (AvgIpc) is 3.44. The Bertz CT molecular complexity index is 1150. The number of carbonyl (C=O) groups is 2. The number of furan rings is 1. The second kappa shape index (κ2) is 7.81. The number of nitrogens with zero attached hydrogens (tertiary/aromatic N) is 2. The van der Waals surface area contributed by atoms with Crippen LogP contribution in [-0.2, 0) is 0 Å². The molecule has 0 radical (unpaired) electrons. The molecule has 4 rings (SSSR count). The SMILES string of the molecule is Cc1ccc(-c2nnco2)cc1NC(=O)c1cccc(NC(=O)c2ccco2)c1. The van der Waals surface area contributed by atoms with Crippen LogP contribution in [0.3, 0.4) is 0 Å². The molecular formula is C21H16N4O4. The second-order valence-corrected chi connectivity index (χ2v) is 6.24. The fourth-order valence-corrected chi connectivity index (χ4v) is 2.72. The fraction of sp³-hybridized carbons (Fsp3) is 0.0476. The number of aryl methyl sites for hydroxylation is 1. The molecule has 29 heavy (non-hydrogen) atoms. The summed E-state index contributed by atoms with van der Waals surface area (Å²) in [7, 11) is 0. The van der Waals surface area contributed by atoms with Gasteiger partial charge in [-0.05, 0) is 55.0 Å². The van der Waals surface area contributed by atoms with Gasteiger partial charge in [0, 0.05) is 22.5 Å². The lowest BCUT2D eigenvalue weighted by Gasteiger charge is -2.11. The minimum atomic E-state index is -0.393. The molecule has 2 aromatic heterocycles. The molecule has 0 aliphatic rings. The Morgan fingerprint density at radius 2 is 1.83 bits per heavy atom. The molecule has 4 aromatic rings. The number of carbonyl (C=O) groups excluding carboxylic acids is 2. The van der Waals surface area contributed by atoms with Crippen molar-refractivity contribution in [2.75, 3.05) is 10.6 Å². The lowest BCUT2D eigenvalue weighted by Crippen LogP contribution is -2.15. The van der Waals surface area contributed by atoms with Gasteiger partial charge in [-0.25, -0.2) is 0 Å². The van der Waals surface area contributed by atoms with Crippen LogP contribution in [0.25, 0.3) is 11.5 Å². The van der Waals surface area contributed by atoms with E-state index in [1.165, 1.54) is 12.7 Å². The van der Waals surface area contributed by atoms with E-state index in [-0.39, 0.29) is 11.7 Å². The summed E-state index contributed by atoms with van der Waals surface area (Å²) in [5.74, 6) is -0.156. The van der Waals surface area contributed by atoms with Crippen molar-refractivity contribution in [2.24, 2.45) is 0 Å². The molecule has 0 bridgehead atoms. The first-order chi connectivity index (χ1) is 14.1. The first-order valence-electron chi connectivity index (χ1n) is 8.73. The quantitative estimate of drug-likeness (QED) is 0.532. The molecule has 2 amide bonds. The monoisotopic (exact) mass is 388 g/mol. The topological polar surface area (TPSA) is 110 Å². The number of nitrogens with one attached hydrogen (secondary N) is 2. The molecule has 0 unspecified atom stereocenters. The van der Waals surface area contributed by atoms with Crippen LogP contribution in [-0.4, -0.2) is 22.0 Å². The molecule has 0 saturated carbocycles. The molecule has 0 fully saturated rings. The Balaban J connectivity index is 1.52. The summed E-state index contributed by atoms with van der Waals surface area (Å²) < 4.78 is 10.3. The van der Waals surface area contributed by atoms with E-state index in [9.17, 15) is 9.59 Å². The molecule has 0 spiro atoms. The number of amides is 2. The first kappa shape index (κ1) is 18.2. The number of hydrogen-bond acceptors (Lipinski definition) is 6. The van der Waals surface area contributed by atoms with Crippen molar-refractivity contribution < 1.29 is 18.4 Å². The standard InChI is InChI=1S/C21H16N4O4/c1-13-7-8-15(21-25-22-12-29-21)11-17(13)24-19(26)14-4-2-5-16(10-14)23-20(27)18-6-3-9-28-18/h2-12H,1H3,(H,23,27)(H,24,26). The van der Waals surface area contributed by atoms with Gasteiger partial charge in [0.15, 0.2) is 5.76 Å². The lowest BCUT2D eigenvalue weighted by atomic mass is 10.1. The van der Waals surface area contributed by atoms with Crippen molar-refractivity contribution in [1.29, 1.82) is 0 Å². The highest BCUT2D eigenvalue weighted by atomic mass is 16.4. The minimum Gasteiger partial charge on any atom is -0.459 e. The van der Waals surface area contributed by atoms with E-state index >= 15 is 0 Å². The van der Waals surface area contributed by atoms with E-state index in [0.717, 1.165) is 5.56 Å². The van der Waals surface area contributed by atoms with Crippen molar-refractivity contribution in [3.05, 3.63) is 84.1 Å². The van der Waals surface area contributed by atoms with Crippen LogP contribution in [0.4, 0.5) is 11.4 Å². The number of rotatable bonds is 5. The molecule has 8 nitrogen and oxygen atoms in total. The Kier molecular flexibility index (Phi) is 4.90. The summed E-state index contributed by atoms with van der Waals surface area (Å²) in [5, 5.41) is 13.1. The van der Waals surface area contributed by atoms with Gasteiger partial charge < -0.3 is 19.5 Å². The van der Waals surface area contributed by atoms with Crippen molar-refractivity contribution in [2.45, 2.75) is 6.92 Å². The number of anilines is 2. The number of aromatic nitrogens is 2. The van der Waals surface area contributed by atoms with Gasteiger partial charge in [-0.1, -0.05) is 12.1 Å².